The highest BCUT2D eigenvalue weighted by Gasteiger charge is 2.20. The van der Waals surface area contributed by atoms with Crippen LogP contribution in [0.15, 0.2) is 79.0 Å². The number of para-hydroxylation sites is 1. The smallest absolute Gasteiger partial charge is 0.220 e. The SMILES string of the molecule is CCOc1ccc(C(=O)CCC(=O)NCC(c2ccc(OC)cc2)c2c[nH]c3ccccc23)cc1. The number of H-pyrrole nitrogens is 1. The fraction of sp³-hybridized carbons (Fsp3) is 0.241. The maximum atomic E-state index is 12.7. The molecule has 1 aromatic heterocycles. The molecule has 0 aliphatic heterocycles. The van der Waals surface area contributed by atoms with Crippen molar-refractivity contribution in [3.8, 4) is 11.5 Å². The van der Waals surface area contributed by atoms with Gasteiger partial charge in [-0.3, -0.25) is 9.59 Å². The van der Waals surface area contributed by atoms with Gasteiger partial charge in [0.15, 0.2) is 5.78 Å². The molecule has 180 valence electrons. The number of rotatable bonds is 11. The zero-order valence-electron chi connectivity index (χ0n) is 20.0. The average Bonchev–Trinajstić information content (AvgIpc) is 3.32. The van der Waals surface area contributed by atoms with Crippen molar-refractivity contribution in [1.82, 2.24) is 10.3 Å². The summed E-state index contributed by atoms with van der Waals surface area (Å²) in [5.41, 5.74) is 3.81. The van der Waals surface area contributed by atoms with Gasteiger partial charge in [0.1, 0.15) is 11.5 Å². The van der Waals surface area contributed by atoms with Crippen molar-refractivity contribution >= 4 is 22.6 Å². The number of aromatic amines is 1. The number of carbonyl (C=O) groups is 2. The maximum Gasteiger partial charge on any atom is 0.220 e. The molecule has 0 fully saturated rings. The Morgan fingerprint density at radius 3 is 2.34 bits per heavy atom. The summed E-state index contributed by atoms with van der Waals surface area (Å²) in [5.74, 6) is 1.24. The topological polar surface area (TPSA) is 80.4 Å². The third-order valence-electron chi connectivity index (χ3n) is 6.08. The number of hydrogen-bond donors (Lipinski definition) is 2. The summed E-state index contributed by atoms with van der Waals surface area (Å²) >= 11 is 0. The average molecular weight is 471 g/mol. The normalized spacial score (nSPS) is 11.7. The van der Waals surface area contributed by atoms with Crippen molar-refractivity contribution in [2.24, 2.45) is 0 Å². The second-order valence-electron chi connectivity index (χ2n) is 8.30. The molecule has 2 N–H and O–H groups in total. The Morgan fingerprint density at radius 1 is 0.914 bits per heavy atom. The van der Waals surface area contributed by atoms with E-state index in [9.17, 15) is 9.59 Å². The molecule has 4 aromatic rings. The molecule has 0 aliphatic rings. The number of carbonyl (C=O) groups excluding carboxylic acids is 2. The van der Waals surface area contributed by atoms with E-state index in [1.807, 2.05) is 55.6 Å². The van der Waals surface area contributed by atoms with E-state index in [0.29, 0.717) is 18.7 Å². The van der Waals surface area contributed by atoms with Crippen LogP contribution in [0.4, 0.5) is 0 Å². The molecule has 0 saturated heterocycles. The van der Waals surface area contributed by atoms with Crippen LogP contribution in [-0.4, -0.2) is 36.9 Å². The molecule has 3 aromatic carbocycles. The monoisotopic (exact) mass is 470 g/mol. The molecule has 1 heterocycles. The number of nitrogens with one attached hydrogen (secondary N) is 2. The van der Waals surface area contributed by atoms with Crippen LogP contribution in [0.3, 0.4) is 0 Å². The largest absolute Gasteiger partial charge is 0.497 e. The number of methoxy groups -OCH3 is 1. The van der Waals surface area contributed by atoms with Gasteiger partial charge < -0.3 is 19.8 Å². The number of ketones is 1. The van der Waals surface area contributed by atoms with Crippen molar-refractivity contribution in [1.29, 1.82) is 0 Å². The van der Waals surface area contributed by atoms with Gasteiger partial charge in [0.05, 0.1) is 13.7 Å². The fourth-order valence-corrected chi connectivity index (χ4v) is 4.21. The van der Waals surface area contributed by atoms with Gasteiger partial charge in [0, 0.05) is 48.0 Å². The summed E-state index contributed by atoms with van der Waals surface area (Å²) in [7, 11) is 1.64. The van der Waals surface area contributed by atoms with Crippen LogP contribution in [0.5, 0.6) is 11.5 Å². The van der Waals surface area contributed by atoms with Crippen LogP contribution < -0.4 is 14.8 Å². The molecule has 1 atom stereocenters. The van der Waals surface area contributed by atoms with Gasteiger partial charge in [-0.2, -0.15) is 0 Å². The molecule has 6 nitrogen and oxygen atoms in total. The molecule has 6 heteroatoms. The molecule has 0 bridgehead atoms. The van der Waals surface area contributed by atoms with Crippen LogP contribution in [0.1, 0.15) is 47.2 Å². The molecule has 1 unspecified atom stereocenters. The lowest BCUT2D eigenvalue weighted by molar-refractivity contribution is -0.121. The van der Waals surface area contributed by atoms with Crippen molar-refractivity contribution in [2.75, 3.05) is 20.3 Å². The molecule has 1 amide bonds. The minimum Gasteiger partial charge on any atom is -0.497 e. The first-order valence-electron chi connectivity index (χ1n) is 11.8. The van der Waals surface area contributed by atoms with Crippen LogP contribution >= 0.6 is 0 Å². The first-order valence-corrected chi connectivity index (χ1v) is 11.8. The van der Waals surface area contributed by atoms with Gasteiger partial charge in [-0.25, -0.2) is 0 Å². The number of amides is 1. The van der Waals surface area contributed by atoms with E-state index >= 15 is 0 Å². The quantitative estimate of drug-likeness (QED) is 0.284. The zero-order chi connectivity index (χ0) is 24.6. The Kier molecular flexibility index (Phi) is 7.83. The van der Waals surface area contributed by atoms with Crippen LogP contribution in [0.25, 0.3) is 10.9 Å². The predicted octanol–water partition coefficient (Wildman–Crippen LogP) is 5.49. The van der Waals surface area contributed by atoms with Gasteiger partial charge in [-0.15, -0.1) is 0 Å². The van der Waals surface area contributed by atoms with Crippen molar-refractivity contribution in [3.05, 3.63) is 95.7 Å². The number of hydrogen-bond acceptors (Lipinski definition) is 4. The Morgan fingerprint density at radius 2 is 1.63 bits per heavy atom. The molecule has 4 rings (SSSR count). The van der Waals surface area contributed by atoms with Crippen LogP contribution in [-0.2, 0) is 4.79 Å². The Hall–Kier alpha value is -4.06. The van der Waals surface area contributed by atoms with E-state index in [0.717, 1.165) is 33.5 Å². The highest BCUT2D eigenvalue weighted by Crippen LogP contribution is 2.31. The van der Waals surface area contributed by atoms with E-state index in [4.69, 9.17) is 9.47 Å². The Labute approximate surface area is 205 Å². The van der Waals surface area contributed by atoms with Gasteiger partial charge in [0.25, 0.3) is 0 Å². The summed E-state index contributed by atoms with van der Waals surface area (Å²) in [6, 6.07) is 23.0. The van der Waals surface area contributed by atoms with Gasteiger partial charge >= 0.3 is 0 Å². The summed E-state index contributed by atoms with van der Waals surface area (Å²) in [6.07, 6.45) is 2.29. The highest BCUT2D eigenvalue weighted by molar-refractivity contribution is 5.98. The van der Waals surface area contributed by atoms with Crippen LogP contribution in [0.2, 0.25) is 0 Å². The highest BCUT2D eigenvalue weighted by atomic mass is 16.5. The molecule has 35 heavy (non-hydrogen) atoms. The summed E-state index contributed by atoms with van der Waals surface area (Å²) in [5, 5.41) is 4.16. The molecular weight excluding hydrogens is 440 g/mol. The molecule has 0 spiro atoms. The van der Waals surface area contributed by atoms with Gasteiger partial charge in [0.2, 0.25) is 5.91 Å². The van der Waals surface area contributed by atoms with Crippen molar-refractivity contribution in [2.45, 2.75) is 25.7 Å². The first-order chi connectivity index (χ1) is 17.1. The third kappa shape index (κ3) is 5.90. The second-order valence-corrected chi connectivity index (χ2v) is 8.30. The summed E-state index contributed by atoms with van der Waals surface area (Å²) < 4.78 is 10.7. The van der Waals surface area contributed by atoms with E-state index in [1.165, 1.54) is 0 Å². The lowest BCUT2D eigenvalue weighted by Crippen LogP contribution is -2.29. The van der Waals surface area contributed by atoms with E-state index in [2.05, 4.69) is 16.4 Å². The van der Waals surface area contributed by atoms with Crippen LogP contribution in [0, 0.1) is 0 Å². The van der Waals surface area contributed by atoms with Crippen molar-refractivity contribution in [3.63, 3.8) is 0 Å². The minimum atomic E-state index is -0.150. The molecule has 0 aliphatic carbocycles. The predicted molar refractivity (Wildman–Crippen MR) is 137 cm³/mol. The lowest BCUT2D eigenvalue weighted by Gasteiger charge is -2.18. The summed E-state index contributed by atoms with van der Waals surface area (Å²) in [6.45, 7) is 2.91. The zero-order valence-corrected chi connectivity index (χ0v) is 20.0. The third-order valence-corrected chi connectivity index (χ3v) is 6.08. The number of Topliss-reactive ketones (excluding diaryl/α,β-unsaturated/α-hetero) is 1. The Balaban J connectivity index is 1.42. The minimum absolute atomic E-state index is 0.0529. The van der Waals surface area contributed by atoms with E-state index in [1.54, 1.807) is 31.4 Å². The maximum absolute atomic E-state index is 12.7. The number of aromatic nitrogens is 1. The van der Waals surface area contributed by atoms with E-state index in [-0.39, 0.29) is 30.4 Å². The fourth-order valence-electron chi connectivity index (χ4n) is 4.21. The Bertz CT molecular complexity index is 1280. The number of ether oxygens (including phenoxy) is 2. The standard InChI is InChI=1S/C29H30N2O4/c1-3-35-23-14-10-21(11-15-23)28(32)16-17-29(33)31-18-25(20-8-12-22(34-2)13-9-20)26-19-30-27-7-5-4-6-24(26)27/h4-15,19,25,30H,3,16-18H2,1-2H3,(H,31,33). The van der Waals surface area contributed by atoms with Crippen molar-refractivity contribution < 1.29 is 19.1 Å². The first kappa shape index (κ1) is 24.1. The summed E-state index contributed by atoms with van der Waals surface area (Å²) in [4.78, 5) is 28.5. The van der Waals surface area contributed by atoms with Gasteiger partial charge in [-0.05, 0) is 60.5 Å². The number of fused-ring (bicyclic) bond motifs is 1. The number of benzene rings is 3. The van der Waals surface area contributed by atoms with Gasteiger partial charge in [-0.1, -0.05) is 30.3 Å². The van der Waals surface area contributed by atoms with E-state index < -0.39 is 0 Å². The molecular formula is C29H30N2O4. The lowest BCUT2D eigenvalue weighted by atomic mass is 9.90. The second kappa shape index (κ2) is 11.4. The molecule has 0 radical (unpaired) electrons. The molecule has 0 saturated carbocycles.